The number of non-ortho nitro benzene ring substituents is 1. The van der Waals surface area contributed by atoms with Crippen LogP contribution in [0.4, 0.5) is 11.4 Å². The summed E-state index contributed by atoms with van der Waals surface area (Å²) in [5, 5.41) is 14.7. The first-order chi connectivity index (χ1) is 8.56. The second kappa shape index (κ2) is 5.32. The summed E-state index contributed by atoms with van der Waals surface area (Å²) in [4.78, 5) is 14.3. The third-order valence-corrected chi connectivity index (χ3v) is 3.49. The first-order valence-corrected chi connectivity index (χ1v) is 6.35. The number of halogens is 1. The highest BCUT2D eigenvalue weighted by molar-refractivity contribution is 7.15. The van der Waals surface area contributed by atoms with Crippen LogP contribution in [0.15, 0.2) is 24.4 Å². The van der Waals surface area contributed by atoms with Crippen molar-refractivity contribution in [2.75, 3.05) is 5.32 Å². The fraction of sp³-hybridized carbons (Fsp3) is 0.182. The van der Waals surface area contributed by atoms with Crippen LogP contribution in [0.25, 0.3) is 0 Å². The molecule has 0 atom stereocenters. The monoisotopic (exact) mass is 283 g/mol. The van der Waals surface area contributed by atoms with Gasteiger partial charge in [0.15, 0.2) is 0 Å². The lowest BCUT2D eigenvalue weighted by Gasteiger charge is -2.07. The summed E-state index contributed by atoms with van der Waals surface area (Å²) in [7, 11) is 0. The van der Waals surface area contributed by atoms with Crippen LogP contribution in [0.3, 0.4) is 0 Å². The second-order valence-corrected chi connectivity index (χ2v) is 5.41. The Morgan fingerprint density at radius 2 is 2.33 bits per heavy atom. The summed E-state index contributed by atoms with van der Waals surface area (Å²) >= 11 is 7.19. The molecule has 1 N–H and O–H groups in total. The molecule has 0 aliphatic rings. The lowest BCUT2D eigenvalue weighted by Crippen LogP contribution is -2.01. The van der Waals surface area contributed by atoms with Gasteiger partial charge in [0.1, 0.15) is 9.34 Å². The Labute approximate surface area is 113 Å². The van der Waals surface area contributed by atoms with Gasteiger partial charge in [0.05, 0.1) is 17.7 Å². The van der Waals surface area contributed by atoms with Gasteiger partial charge in [-0.3, -0.25) is 10.1 Å². The highest BCUT2D eigenvalue weighted by Gasteiger charge is 2.08. The molecular formula is C11H10ClN3O2S. The van der Waals surface area contributed by atoms with E-state index in [9.17, 15) is 10.1 Å². The van der Waals surface area contributed by atoms with Crippen molar-refractivity contribution in [3.8, 4) is 0 Å². The third kappa shape index (κ3) is 2.96. The van der Waals surface area contributed by atoms with Crippen molar-refractivity contribution in [1.29, 1.82) is 0 Å². The summed E-state index contributed by atoms with van der Waals surface area (Å²) in [6.45, 7) is 2.38. The molecule has 0 saturated carbocycles. The highest BCUT2D eigenvalue weighted by Crippen LogP contribution is 2.23. The van der Waals surface area contributed by atoms with Crippen molar-refractivity contribution in [3.63, 3.8) is 0 Å². The zero-order chi connectivity index (χ0) is 13.1. The lowest BCUT2D eigenvalue weighted by atomic mass is 10.2. The number of hydrogen-bond acceptors (Lipinski definition) is 5. The van der Waals surface area contributed by atoms with Crippen LogP contribution in [0.5, 0.6) is 0 Å². The number of nitro benzene ring substituents is 1. The summed E-state index contributed by atoms with van der Waals surface area (Å²) in [6, 6.07) is 4.71. The van der Waals surface area contributed by atoms with E-state index in [-0.39, 0.29) is 5.69 Å². The largest absolute Gasteiger partial charge is 0.378 e. The third-order valence-electron chi connectivity index (χ3n) is 2.38. The maximum Gasteiger partial charge on any atom is 0.269 e. The molecule has 0 spiro atoms. The number of hydrogen-bond donors (Lipinski definition) is 1. The number of anilines is 1. The molecule has 0 unspecified atom stereocenters. The van der Waals surface area contributed by atoms with E-state index in [2.05, 4.69) is 10.3 Å². The highest BCUT2D eigenvalue weighted by atomic mass is 35.5. The quantitative estimate of drug-likeness (QED) is 0.687. The molecule has 0 saturated heterocycles. The summed E-state index contributed by atoms with van der Waals surface area (Å²) in [5.41, 5.74) is 1.77. The van der Waals surface area contributed by atoms with Gasteiger partial charge in [-0.25, -0.2) is 4.98 Å². The standard InChI is InChI=1S/C11H10ClN3O2S/c1-7-4-8(15(16)17)2-3-9(7)13-6-11-14-5-10(12)18-11/h2-5,13H,6H2,1H3. The molecule has 7 heteroatoms. The maximum absolute atomic E-state index is 10.6. The molecule has 0 amide bonds. The number of nitrogens with zero attached hydrogens (tertiary/aromatic N) is 2. The van der Waals surface area contributed by atoms with E-state index in [1.54, 1.807) is 12.3 Å². The van der Waals surface area contributed by atoms with Crippen LogP contribution >= 0.6 is 22.9 Å². The summed E-state index contributed by atoms with van der Waals surface area (Å²) in [5.74, 6) is 0. The molecule has 1 aromatic heterocycles. The SMILES string of the molecule is Cc1cc([N+](=O)[O-])ccc1NCc1ncc(Cl)s1. The van der Waals surface area contributed by atoms with Crippen molar-refractivity contribution in [3.05, 3.63) is 49.4 Å². The van der Waals surface area contributed by atoms with E-state index in [1.165, 1.54) is 23.5 Å². The van der Waals surface area contributed by atoms with Crippen LogP contribution in [0, 0.1) is 17.0 Å². The van der Waals surface area contributed by atoms with E-state index < -0.39 is 4.92 Å². The molecule has 0 aliphatic heterocycles. The van der Waals surface area contributed by atoms with Crippen molar-refractivity contribution in [2.24, 2.45) is 0 Å². The zero-order valence-corrected chi connectivity index (χ0v) is 11.1. The number of aromatic nitrogens is 1. The summed E-state index contributed by atoms with van der Waals surface area (Å²) in [6.07, 6.45) is 1.60. The van der Waals surface area contributed by atoms with Crippen molar-refractivity contribution < 1.29 is 4.92 Å². The Morgan fingerprint density at radius 3 is 2.89 bits per heavy atom. The van der Waals surface area contributed by atoms with E-state index in [1.807, 2.05) is 6.92 Å². The topological polar surface area (TPSA) is 68.1 Å². The Hall–Kier alpha value is -1.66. The molecular weight excluding hydrogens is 274 g/mol. The minimum atomic E-state index is -0.405. The molecule has 2 rings (SSSR count). The lowest BCUT2D eigenvalue weighted by molar-refractivity contribution is -0.384. The average molecular weight is 284 g/mol. The normalized spacial score (nSPS) is 10.3. The second-order valence-electron chi connectivity index (χ2n) is 3.67. The molecule has 1 heterocycles. The van der Waals surface area contributed by atoms with Crippen LogP contribution in [0.2, 0.25) is 4.34 Å². The van der Waals surface area contributed by atoms with Crippen molar-refractivity contribution >= 4 is 34.3 Å². The van der Waals surface area contributed by atoms with Gasteiger partial charge in [0, 0.05) is 17.8 Å². The fourth-order valence-electron chi connectivity index (χ4n) is 1.50. The minimum Gasteiger partial charge on any atom is -0.378 e. The molecule has 0 aliphatic carbocycles. The Balaban J connectivity index is 2.08. The molecule has 18 heavy (non-hydrogen) atoms. The predicted molar refractivity (Wildman–Crippen MR) is 72.3 cm³/mol. The van der Waals surface area contributed by atoms with Crippen LogP contribution in [-0.2, 0) is 6.54 Å². The van der Waals surface area contributed by atoms with E-state index >= 15 is 0 Å². The molecule has 1 aromatic carbocycles. The molecule has 0 bridgehead atoms. The maximum atomic E-state index is 10.6. The number of nitro groups is 1. The number of rotatable bonds is 4. The van der Waals surface area contributed by atoms with Crippen molar-refractivity contribution in [1.82, 2.24) is 4.98 Å². The smallest absolute Gasteiger partial charge is 0.269 e. The number of thiazole rings is 1. The molecule has 2 aromatic rings. The van der Waals surface area contributed by atoms with E-state index in [4.69, 9.17) is 11.6 Å². The Bertz CT molecular complexity index is 585. The molecule has 0 radical (unpaired) electrons. The zero-order valence-electron chi connectivity index (χ0n) is 9.51. The number of aryl methyl sites for hydroxylation is 1. The predicted octanol–water partition coefficient (Wildman–Crippen LogP) is 3.63. The first-order valence-electron chi connectivity index (χ1n) is 5.15. The van der Waals surface area contributed by atoms with Crippen LogP contribution in [-0.4, -0.2) is 9.91 Å². The summed E-state index contributed by atoms with van der Waals surface area (Å²) < 4.78 is 0.646. The molecule has 5 nitrogen and oxygen atoms in total. The van der Waals surface area contributed by atoms with Crippen molar-refractivity contribution in [2.45, 2.75) is 13.5 Å². The van der Waals surface area contributed by atoms with E-state index in [0.29, 0.717) is 10.9 Å². The Morgan fingerprint density at radius 1 is 1.56 bits per heavy atom. The first kappa shape index (κ1) is 12.8. The number of nitrogens with one attached hydrogen (secondary N) is 1. The van der Waals surface area contributed by atoms with Gasteiger partial charge in [-0.2, -0.15) is 0 Å². The molecule has 94 valence electrons. The van der Waals surface area contributed by atoms with Crippen LogP contribution in [0.1, 0.15) is 10.6 Å². The average Bonchev–Trinajstić information content (AvgIpc) is 2.73. The van der Waals surface area contributed by atoms with Gasteiger partial charge in [0.2, 0.25) is 0 Å². The van der Waals surface area contributed by atoms with Gasteiger partial charge < -0.3 is 5.32 Å². The van der Waals surface area contributed by atoms with Gasteiger partial charge in [0.25, 0.3) is 5.69 Å². The Kier molecular flexibility index (Phi) is 3.78. The minimum absolute atomic E-state index is 0.0929. The fourth-order valence-corrected chi connectivity index (χ4v) is 2.40. The molecule has 0 fully saturated rings. The van der Waals surface area contributed by atoms with Gasteiger partial charge in [-0.15, -0.1) is 11.3 Å². The van der Waals surface area contributed by atoms with Gasteiger partial charge in [-0.1, -0.05) is 11.6 Å². The van der Waals surface area contributed by atoms with Gasteiger partial charge in [-0.05, 0) is 18.6 Å². The van der Waals surface area contributed by atoms with Crippen LogP contribution < -0.4 is 5.32 Å². The van der Waals surface area contributed by atoms with Gasteiger partial charge >= 0.3 is 0 Å². The van der Waals surface area contributed by atoms with E-state index in [0.717, 1.165) is 16.3 Å². The number of benzene rings is 1.